The van der Waals surface area contributed by atoms with Crippen molar-refractivity contribution >= 4 is 17.8 Å². The van der Waals surface area contributed by atoms with E-state index < -0.39 is 12.1 Å². The van der Waals surface area contributed by atoms with Crippen LogP contribution >= 0.6 is 0 Å². The molecule has 3 aliphatic heterocycles. The number of anilines is 1. The number of hydrogen-bond acceptors (Lipinski definition) is 5. The zero-order valence-electron chi connectivity index (χ0n) is 15.8. The number of carbonyl (C=O) groups is 2. The molecule has 8 nitrogen and oxygen atoms in total. The highest BCUT2D eigenvalue weighted by Crippen LogP contribution is 2.35. The van der Waals surface area contributed by atoms with Crippen molar-refractivity contribution in [3.63, 3.8) is 0 Å². The maximum absolute atomic E-state index is 12.8. The van der Waals surface area contributed by atoms with Gasteiger partial charge in [-0.15, -0.1) is 0 Å². The van der Waals surface area contributed by atoms with Gasteiger partial charge in [-0.05, 0) is 12.8 Å². The van der Waals surface area contributed by atoms with Crippen LogP contribution in [0.4, 0.5) is 23.8 Å². The minimum atomic E-state index is -4.18. The van der Waals surface area contributed by atoms with Crippen LogP contribution in [0.25, 0.3) is 0 Å². The van der Waals surface area contributed by atoms with Crippen LogP contribution in [0.2, 0.25) is 0 Å². The minimum absolute atomic E-state index is 0.0524. The molecule has 0 bridgehead atoms. The molecule has 158 valence electrons. The number of nitrogens with zero attached hydrogens (tertiary/aromatic N) is 5. The molecule has 1 aromatic heterocycles. The van der Waals surface area contributed by atoms with Gasteiger partial charge in [-0.1, -0.05) is 0 Å². The highest BCUT2D eigenvalue weighted by molar-refractivity contribution is 5.80. The number of nitrogens with two attached hydrogens (primary N) is 1. The predicted octanol–water partition coefficient (Wildman–Crippen LogP) is 1.19. The Bertz CT molecular complexity index is 781. The first-order valence-corrected chi connectivity index (χ1v) is 9.69. The van der Waals surface area contributed by atoms with Crippen molar-refractivity contribution < 1.29 is 22.8 Å². The van der Waals surface area contributed by atoms with Gasteiger partial charge in [-0.25, -0.2) is 9.78 Å². The molecule has 2 atom stereocenters. The lowest BCUT2D eigenvalue weighted by Gasteiger charge is -2.40. The van der Waals surface area contributed by atoms with Crippen molar-refractivity contribution in [1.29, 1.82) is 0 Å². The van der Waals surface area contributed by atoms with E-state index in [2.05, 4.69) is 9.97 Å². The molecule has 2 N–H and O–H groups in total. The Hall–Kier alpha value is -2.59. The smallest absolute Gasteiger partial charge is 0.369 e. The number of amides is 3. The number of primary amides is 1. The van der Waals surface area contributed by atoms with E-state index in [0.717, 1.165) is 5.69 Å². The van der Waals surface area contributed by atoms with Crippen LogP contribution in [0.5, 0.6) is 0 Å². The fourth-order valence-electron chi connectivity index (χ4n) is 4.13. The molecule has 3 amide bonds. The van der Waals surface area contributed by atoms with Gasteiger partial charge in [0.15, 0.2) is 0 Å². The molecule has 3 fully saturated rings. The summed E-state index contributed by atoms with van der Waals surface area (Å²) in [7, 11) is 0. The maximum atomic E-state index is 12.8. The lowest BCUT2D eigenvalue weighted by molar-refractivity contribution is -0.168. The van der Waals surface area contributed by atoms with Crippen molar-refractivity contribution in [3.8, 4) is 0 Å². The van der Waals surface area contributed by atoms with Crippen LogP contribution in [0.1, 0.15) is 24.5 Å². The lowest BCUT2D eigenvalue weighted by Crippen LogP contribution is -2.53. The number of alkyl halides is 3. The van der Waals surface area contributed by atoms with Crippen LogP contribution in [0.15, 0.2) is 12.4 Å². The number of carbonyl (C=O) groups excluding carboxylic acids is 2. The van der Waals surface area contributed by atoms with Crippen LogP contribution in [-0.4, -0.2) is 77.2 Å². The zero-order chi connectivity index (χ0) is 20.8. The SMILES string of the molecule is NC(=O)[C@H]1CCN(C(=O)N2CC(c3cnc(N4CCC(C(F)(F)F)C4)cn3)C2)C1. The number of likely N-dealkylation sites (tertiary alicyclic amines) is 2. The first-order chi connectivity index (χ1) is 13.7. The second-order valence-corrected chi connectivity index (χ2v) is 7.99. The van der Waals surface area contributed by atoms with Crippen molar-refractivity contribution in [2.24, 2.45) is 17.6 Å². The fraction of sp³-hybridized carbons (Fsp3) is 0.667. The van der Waals surface area contributed by atoms with Gasteiger partial charge in [0.1, 0.15) is 5.82 Å². The molecule has 0 saturated carbocycles. The third-order valence-corrected chi connectivity index (χ3v) is 6.06. The summed E-state index contributed by atoms with van der Waals surface area (Å²) in [6, 6.07) is -0.107. The van der Waals surface area contributed by atoms with Gasteiger partial charge in [0.05, 0.1) is 29.9 Å². The Morgan fingerprint density at radius 1 is 1.00 bits per heavy atom. The largest absolute Gasteiger partial charge is 0.393 e. The standard InChI is InChI=1S/C18H23F3N6O2/c19-18(20,21)13-2-4-25(10-13)15-6-23-14(5-24-15)12-8-27(9-12)17(29)26-3-1-11(7-26)16(22)28/h5-6,11-13H,1-4,7-10H2,(H2,22,28)/t11-,13?/m0/s1. The van der Waals surface area contributed by atoms with Gasteiger partial charge in [-0.2, -0.15) is 13.2 Å². The Kier molecular flexibility index (Phi) is 4.99. The summed E-state index contributed by atoms with van der Waals surface area (Å²) in [6.07, 6.45) is -0.425. The predicted molar refractivity (Wildman–Crippen MR) is 97.0 cm³/mol. The Balaban J connectivity index is 1.28. The lowest BCUT2D eigenvalue weighted by atomic mass is 9.97. The molecule has 3 aliphatic rings. The van der Waals surface area contributed by atoms with E-state index in [1.807, 2.05) is 0 Å². The van der Waals surface area contributed by atoms with Gasteiger partial charge < -0.3 is 20.4 Å². The Morgan fingerprint density at radius 2 is 1.76 bits per heavy atom. The van der Waals surface area contributed by atoms with Gasteiger partial charge in [-0.3, -0.25) is 9.78 Å². The van der Waals surface area contributed by atoms with E-state index in [9.17, 15) is 22.8 Å². The average molecular weight is 412 g/mol. The molecule has 0 aromatic carbocycles. The molecule has 4 rings (SSSR count). The zero-order valence-corrected chi connectivity index (χ0v) is 15.8. The number of hydrogen-bond donors (Lipinski definition) is 1. The molecule has 11 heteroatoms. The number of halogens is 3. The summed E-state index contributed by atoms with van der Waals surface area (Å²) >= 11 is 0. The van der Waals surface area contributed by atoms with Crippen molar-refractivity contribution in [1.82, 2.24) is 19.8 Å². The van der Waals surface area contributed by atoms with Crippen molar-refractivity contribution in [3.05, 3.63) is 18.1 Å². The monoisotopic (exact) mass is 412 g/mol. The van der Waals surface area contributed by atoms with Crippen molar-refractivity contribution in [2.45, 2.75) is 24.9 Å². The van der Waals surface area contributed by atoms with Crippen LogP contribution in [-0.2, 0) is 4.79 Å². The molecular formula is C18H23F3N6O2. The highest BCUT2D eigenvalue weighted by atomic mass is 19.4. The first kappa shape index (κ1) is 19.7. The van der Waals surface area contributed by atoms with Gasteiger partial charge >= 0.3 is 12.2 Å². The average Bonchev–Trinajstić information content (AvgIpc) is 3.30. The summed E-state index contributed by atoms with van der Waals surface area (Å²) in [4.78, 5) is 37.3. The van der Waals surface area contributed by atoms with Crippen LogP contribution in [0.3, 0.4) is 0 Å². The summed E-state index contributed by atoms with van der Waals surface area (Å²) in [5, 5.41) is 0. The maximum Gasteiger partial charge on any atom is 0.393 e. The number of aromatic nitrogens is 2. The topological polar surface area (TPSA) is 95.7 Å². The van der Waals surface area contributed by atoms with Crippen LogP contribution in [0, 0.1) is 11.8 Å². The van der Waals surface area contributed by atoms with E-state index in [-0.39, 0.29) is 36.7 Å². The molecule has 1 aromatic rings. The Labute approximate surface area is 165 Å². The third kappa shape index (κ3) is 3.95. The van der Waals surface area contributed by atoms with E-state index in [4.69, 9.17) is 5.73 Å². The van der Waals surface area contributed by atoms with E-state index in [0.29, 0.717) is 45.0 Å². The minimum Gasteiger partial charge on any atom is -0.369 e. The molecule has 0 spiro atoms. The van der Waals surface area contributed by atoms with Gasteiger partial charge in [0.2, 0.25) is 5.91 Å². The quantitative estimate of drug-likeness (QED) is 0.805. The molecular weight excluding hydrogens is 389 g/mol. The summed E-state index contributed by atoms with van der Waals surface area (Å²) in [5.41, 5.74) is 6.03. The summed E-state index contributed by atoms with van der Waals surface area (Å²) in [5.74, 6) is -1.48. The molecule has 0 radical (unpaired) electrons. The molecule has 3 saturated heterocycles. The second-order valence-electron chi connectivity index (χ2n) is 7.99. The van der Waals surface area contributed by atoms with E-state index >= 15 is 0 Å². The first-order valence-electron chi connectivity index (χ1n) is 9.69. The van der Waals surface area contributed by atoms with Crippen LogP contribution < -0.4 is 10.6 Å². The van der Waals surface area contributed by atoms with Gasteiger partial charge in [0.25, 0.3) is 0 Å². The number of rotatable bonds is 3. The number of urea groups is 1. The van der Waals surface area contributed by atoms with E-state index in [1.54, 1.807) is 20.9 Å². The van der Waals surface area contributed by atoms with Crippen molar-refractivity contribution in [2.75, 3.05) is 44.2 Å². The summed E-state index contributed by atoms with van der Waals surface area (Å²) < 4.78 is 38.5. The van der Waals surface area contributed by atoms with E-state index in [1.165, 1.54) is 6.20 Å². The molecule has 1 unspecified atom stereocenters. The Morgan fingerprint density at radius 3 is 2.31 bits per heavy atom. The second kappa shape index (κ2) is 7.34. The third-order valence-electron chi connectivity index (χ3n) is 6.06. The summed E-state index contributed by atoms with van der Waals surface area (Å²) in [6.45, 7) is 2.11. The molecule has 29 heavy (non-hydrogen) atoms. The normalized spacial score (nSPS) is 25.4. The highest BCUT2D eigenvalue weighted by Gasteiger charge is 2.44. The molecule has 4 heterocycles. The molecule has 0 aliphatic carbocycles. The fourth-order valence-corrected chi connectivity index (χ4v) is 4.13. The van der Waals surface area contributed by atoms with Gasteiger partial charge in [0, 0.05) is 45.2 Å².